The normalized spacial score (nSPS) is 10.8. The molecule has 0 atom stereocenters. The Morgan fingerprint density at radius 2 is 1.72 bits per heavy atom. The largest absolute Gasteiger partial charge is 0.457 e. The molecule has 6 nitrogen and oxygen atoms in total. The molecule has 2 aromatic rings. The zero-order valence-corrected chi connectivity index (χ0v) is 16.7. The van der Waals surface area contributed by atoms with Gasteiger partial charge in [-0.15, -0.1) is 0 Å². The molecule has 0 bridgehead atoms. The lowest BCUT2D eigenvalue weighted by molar-refractivity contribution is -0.112. The summed E-state index contributed by atoms with van der Waals surface area (Å²) in [4.78, 5) is 12.3. The van der Waals surface area contributed by atoms with E-state index in [-0.39, 0.29) is 5.57 Å². The molecule has 0 aliphatic heterocycles. The number of anilines is 1. The molecule has 0 saturated heterocycles. The standard InChI is InChI=1S/C23H27N3O3/c1-2-3-15-28-16-7-14-25-18-19(17-24)23(27)26-20-10-12-22(13-11-20)29-21-8-5-4-6-9-21/h4-6,8-13,18,25H,2-3,7,14-16H2,1H3,(H,26,27)/b19-18-. The summed E-state index contributed by atoms with van der Waals surface area (Å²) >= 11 is 0. The number of ether oxygens (including phenoxy) is 2. The predicted octanol–water partition coefficient (Wildman–Crippen LogP) is 4.62. The molecule has 0 spiro atoms. The maximum Gasteiger partial charge on any atom is 0.267 e. The summed E-state index contributed by atoms with van der Waals surface area (Å²) in [6.45, 7) is 4.19. The first-order valence-corrected chi connectivity index (χ1v) is 9.78. The van der Waals surface area contributed by atoms with Gasteiger partial charge >= 0.3 is 0 Å². The Kier molecular flexibility index (Phi) is 9.84. The molecule has 0 radical (unpaired) electrons. The van der Waals surface area contributed by atoms with Crippen LogP contribution < -0.4 is 15.4 Å². The van der Waals surface area contributed by atoms with Crippen LogP contribution in [0.15, 0.2) is 66.4 Å². The highest BCUT2D eigenvalue weighted by Gasteiger charge is 2.09. The molecular weight excluding hydrogens is 366 g/mol. The predicted molar refractivity (Wildman–Crippen MR) is 114 cm³/mol. The first-order valence-electron chi connectivity index (χ1n) is 9.78. The van der Waals surface area contributed by atoms with Crippen LogP contribution in [0.1, 0.15) is 26.2 Å². The van der Waals surface area contributed by atoms with Crippen molar-refractivity contribution in [3.05, 3.63) is 66.4 Å². The van der Waals surface area contributed by atoms with E-state index in [1.54, 1.807) is 24.3 Å². The number of nitriles is 1. The Bertz CT molecular complexity index is 812. The van der Waals surface area contributed by atoms with E-state index in [1.165, 1.54) is 6.20 Å². The molecule has 2 N–H and O–H groups in total. The van der Waals surface area contributed by atoms with Crippen molar-refractivity contribution in [2.24, 2.45) is 0 Å². The minimum absolute atomic E-state index is 0.0153. The Balaban J connectivity index is 1.77. The van der Waals surface area contributed by atoms with E-state index in [2.05, 4.69) is 17.6 Å². The van der Waals surface area contributed by atoms with Crippen LogP contribution in [0.2, 0.25) is 0 Å². The Morgan fingerprint density at radius 3 is 2.41 bits per heavy atom. The van der Waals surface area contributed by atoms with Crippen LogP contribution in [-0.4, -0.2) is 25.7 Å². The van der Waals surface area contributed by atoms with Crippen molar-refractivity contribution in [1.29, 1.82) is 5.26 Å². The van der Waals surface area contributed by atoms with Crippen LogP contribution in [0.5, 0.6) is 11.5 Å². The highest BCUT2D eigenvalue weighted by Crippen LogP contribution is 2.22. The quantitative estimate of drug-likeness (QED) is 0.312. The summed E-state index contributed by atoms with van der Waals surface area (Å²) in [5.41, 5.74) is 0.599. The van der Waals surface area contributed by atoms with Gasteiger partial charge in [0.05, 0.1) is 0 Å². The summed E-state index contributed by atoms with van der Waals surface area (Å²) in [7, 11) is 0. The molecule has 0 aliphatic carbocycles. The number of rotatable bonds is 12. The molecule has 2 aromatic carbocycles. The highest BCUT2D eigenvalue weighted by atomic mass is 16.5. The summed E-state index contributed by atoms with van der Waals surface area (Å²) in [6.07, 6.45) is 4.42. The van der Waals surface area contributed by atoms with Crippen LogP contribution in [0.3, 0.4) is 0 Å². The van der Waals surface area contributed by atoms with Crippen LogP contribution in [0, 0.1) is 11.3 Å². The number of carbonyl (C=O) groups is 1. The van der Waals surface area contributed by atoms with Crippen molar-refractivity contribution in [2.45, 2.75) is 26.2 Å². The third kappa shape index (κ3) is 8.50. The van der Waals surface area contributed by atoms with Crippen molar-refractivity contribution in [3.8, 4) is 17.6 Å². The molecule has 0 fully saturated rings. The number of carbonyl (C=O) groups excluding carboxylic acids is 1. The second kappa shape index (κ2) is 13.0. The fourth-order valence-corrected chi connectivity index (χ4v) is 2.38. The van der Waals surface area contributed by atoms with Gasteiger partial charge in [-0.2, -0.15) is 5.26 Å². The van der Waals surface area contributed by atoms with Gasteiger partial charge in [-0.25, -0.2) is 0 Å². The second-order valence-electron chi connectivity index (χ2n) is 6.34. The topological polar surface area (TPSA) is 83.4 Å². The van der Waals surface area contributed by atoms with Gasteiger partial charge in [0, 0.05) is 31.6 Å². The molecule has 6 heteroatoms. The van der Waals surface area contributed by atoms with Gasteiger partial charge in [0.15, 0.2) is 0 Å². The summed E-state index contributed by atoms with van der Waals surface area (Å²) < 4.78 is 11.2. The van der Waals surface area contributed by atoms with E-state index in [0.29, 0.717) is 24.6 Å². The summed E-state index contributed by atoms with van der Waals surface area (Å²) in [5.74, 6) is 0.935. The van der Waals surface area contributed by atoms with Gasteiger partial charge in [0.1, 0.15) is 23.1 Å². The molecule has 29 heavy (non-hydrogen) atoms. The SMILES string of the molecule is CCCCOCCCN/C=C(/C#N)C(=O)Nc1ccc(Oc2ccccc2)cc1. The Hall–Kier alpha value is -3.30. The number of amides is 1. The first kappa shape index (κ1) is 22.0. The zero-order valence-electron chi connectivity index (χ0n) is 16.7. The number of nitrogens with zero attached hydrogens (tertiary/aromatic N) is 1. The fourth-order valence-electron chi connectivity index (χ4n) is 2.38. The summed E-state index contributed by atoms with van der Waals surface area (Å²) in [6, 6.07) is 18.3. The molecule has 152 valence electrons. The van der Waals surface area contributed by atoms with Crippen molar-refractivity contribution in [1.82, 2.24) is 5.32 Å². The van der Waals surface area contributed by atoms with Gasteiger partial charge in [-0.1, -0.05) is 31.5 Å². The number of hydrogen-bond donors (Lipinski definition) is 2. The van der Waals surface area contributed by atoms with Gasteiger partial charge < -0.3 is 20.1 Å². The number of hydrogen-bond acceptors (Lipinski definition) is 5. The van der Waals surface area contributed by atoms with Crippen LogP contribution in [0.25, 0.3) is 0 Å². The number of benzene rings is 2. The van der Waals surface area contributed by atoms with Crippen LogP contribution >= 0.6 is 0 Å². The van der Waals surface area contributed by atoms with Crippen molar-refractivity contribution < 1.29 is 14.3 Å². The molecule has 1 amide bonds. The average molecular weight is 393 g/mol. The fraction of sp³-hybridized carbons (Fsp3) is 0.304. The highest BCUT2D eigenvalue weighted by molar-refractivity contribution is 6.06. The number of unbranched alkanes of at least 4 members (excludes halogenated alkanes) is 1. The minimum Gasteiger partial charge on any atom is -0.457 e. The smallest absolute Gasteiger partial charge is 0.267 e. The molecule has 0 aliphatic rings. The van der Waals surface area contributed by atoms with Gasteiger partial charge in [0.25, 0.3) is 5.91 Å². The molecular formula is C23H27N3O3. The van der Waals surface area contributed by atoms with E-state index in [0.717, 1.165) is 31.6 Å². The first-order chi connectivity index (χ1) is 14.2. The monoisotopic (exact) mass is 393 g/mol. The third-order valence-corrected chi connectivity index (χ3v) is 3.95. The average Bonchev–Trinajstić information content (AvgIpc) is 2.75. The zero-order chi connectivity index (χ0) is 20.7. The van der Waals surface area contributed by atoms with E-state index in [9.17, 15) is 10.1 Å². The maximum atomic E-state index is 12.3. The van der Waals surface area contributed by atoms with Crippen molar-refractivity contribution in [3.63, 3.8) is 0 Å². The molecule has 2 rings (SSSR count). The van der Waals surface area contributed by atoms with Gasteiger partial charge in [-0.3, -0.25) is 4.79 Å². The van der Waals surface area contributed by atoms with E-state index < -0.39 is 5.91 Å². The lowest BCUT2D eigenvalue weighted by Crippen LogP contribution is -2.17. The maximum absolute atomic E-state index is 12.3. The Morgan fingerprint density at radius 1 is 1.03 bits per heavy atom. The molecule has 0 unspecified atom stereocenters. The van der Waals surface area contributed by atoms with Gasteiger partial charge in [-0.05, 0) is 49.2 Å². The molecule has 0 heterocycles. The number of nitrogens with one attached hydrogen (secondary N) is 2. The minimum atomic E-state index is -0.462. The van der Waals surface area contributed by atoms with Crippen molar-refractivity contribution >= 4 is 11.6 Å². The Labute approximate surface area is 172 Å². The van der Waals surface area contributed by atoms with E-state index in [1.807, 2.05) is 36.4 Å². The molecule has 0 aromatic heterocycles. The number of para-hydroxylation sites is 1. The molecule has 0 saturated carbocycles. The van der Waals surface area contributed by atoms with E-state index in [4.69, 9.17) is 9.47 Å². The second-order valence-corrected chi connectivity index (χ2v) is 6.34. The third-order valence-electron chi connectivity index (χ3n) is 3.95. The lowest BCUT2D eigenvalue weighted by Gasteiger charge is -2.08. The lowest BCUT2D eigenvalue weighted by atomic mass is 10.2. The van der Waals surface area contributed by atoms with Gasteiger partial charge in [0.2, 0.25) is 0 Å². The van der Waals surface area contributed by atoms with Crippen LogP contribution in [-0.2, 0) is 9.53 Å². The van der Waals surface area contributed by atoms with Crippen LogP contribution in [0.4, 0.5) is 5.69 Å². The van der Waals surface area contributed by atoms with E-state index >= 15 is 0 Å². The summed E-state index contributed by atoms with van der Waals surface area (Å²) in [5, 5.41) is 14.9. The van der Waals surface area contributed by atoms with Crippen molar-refractivity contribution in [2.75, 3.05) is 25.1 Å².